The molecule has 1 aromatic rings. The molecule has 0 bridgehead atoms. The molecular weight excluding hydrogens is 244 g/mol. The quantitative estimate of drug-likeness (QED) is 0.870. The maximum atomic E-state index is 12.3. The van der Waals surface area contributed by atoms with Crippen molar-refractivity contribution in [2.75, 3.05) is 26.1 Å². The summed E-state index contributed by atoms with van der Waals surface area (Å²) in [5, 5.41) is 6.15. The van der Waals surface area contributed by atoms with Gasteiger partial charge in [0.2, 0.25) is 5.91 Å². The predicted molar refractivity (Wildman–Crippen MR) is 73.8 cm³/mol. The Bertz CT molecular complexity index is 468. The highest BCUT2D eigenvalue weighted by atomic mass is 16.5. The minimum Gasteiger partial charge on any atom is -0.497 e. The van der Waals surface area contributed by atoms with Gasteiger partial charge in [0.25, 0.3) is 0 Å². The van der Waals surface area contributed by atoms with Crippen LogP contribution in [0.3, 0.4) is 0 Å². The van der Waals surface area contributed by atoms with E-state index in [1.54, 1.807) is 32.4 Å². The first kappa shape index (κ1) is 13.7. The molecule has 0 aliphatic carbocycles. The number of carbonyl (C=O) groups excluding carboxylic acids is 1. The molecule has 1 fully saturated rings. The third-order valence-electron chi connectivity index (χ3n) is 3.53. The van der Waals surface area contributed by atoms with Crippen LogP contribution >= 0.6 is 0 Å². The summed E-state index contributed by atoms with van der Waals surface area (Å²) in [6.45, 7) is 2.80. The summed E-state index contributed by atoms with van der Waals surface area (Å²) in [4.78, 5) is 12.3. The zero-order chi connectivity index (χ0) is 13.9. The second-order valence-electron chi connectivity index (χ2n) is 4.88. The number of methoxy groups -OCH3 is 2. The van der Waals surface area contributed by atoms with Gasteiger partial charge in [0, 0.05) is 6.07 Å². The van der Waals surface area contributed by atoms with E-state index in [0.29, 0.717) is 17.2 Å². The first-order valence-corrected chi connectivity index (χ1v) is 6.37. The van der Waals surface area contributed by atoms with Crippen LogP contribution in [-0.4, -0.2) is 32.2 Å². The zero-order valence-corrected chi connectivity index (χ0v) is 11.6. The van der Waals surface area contributed by atoms with Gasteiger partial charge in [-0.15, -0.1) is 0 Å². The van der Waals surface area contributed by atoms with Crippen molar-refractivity contribution in [2.24, 2.45) is 0 Å². The van der Waals surface area contributed by atoms with E-state index < -0.39 is 5.54 Å². The normalized spacial score (nSPS) is 22.1. The lowest BCUT2D eigenvalue weighted by Gasteiger charge is -2.23. The fourth-order valence-electron chi connectivity index (χ4n) is 2.25. The maximum absolute atomic E-state index is 12.3. The van der Waals surface area contributed by atoms with Crippen LogP contribution in [0.4, 0.5) is 5.69 Å². The number of hydrogen-bond acceptors (Lipinski definition) is 4. The van der Waals surface area contributed by atoms with E-state index in [0.717, 1.165) is 19.4 Å². The van der Waals surface area contributed by atoms with E-state index in [1.807, 2.05) is 6.92 Å². The zero-order valence-electron chi connectivity index (χ0n) is 11.6. The Hall–Kier alpha value is -1.75. The Kier molecular flexibility index (Phi) is 3.95. The van der Waals surface area contributed by atoms with Crippen molar-refractivity contribution in [3.63, 3.8) is 0 Å². The number of nitrogens with one attached hydrogen (secondary N) is 2. The molecule has 1 aliphatic rings. The smallest absolute Gasteiger partial charge is 0.244 e. The van der Waals surface area contributed by atoms with Crippen LogP contribution in [0.15, 0.2) is 18.2 Å². The lowest BCUT2D eigenvalue weighted by atomic mass is 9.99. The minimum atomic E-state index is -0.495. The fraction of sp³-hybridized carbons (Fsp3) is 0.500. The molecule has 0 radical (unpaired) electrons. The Morgan fingerprint density at radius 2 is 2.16 bits per heavy atom. The molecule has 1 unspecified atom stereocenters. The highest BCUT2D eigenvalue weighted by Gasteiger charge is 2.36. The highest BCUT2D eigenvalue weighted by molar-refractivity contribution is 5.99. The van der Waals surface area contributed by atoms with Crippen LogP contribution in [-0.2, 0) is 4.79 Å². The van der Waals surface area contributed by atoms with E-state index in [4.69, 9.17) is 9.47 Å². The maximum Gasteiger partial charge on any atom is 0.244 e. The summed E-state index contributed by atoms with van der Waals surface area (Å²) in [6.07, 6.45) is 1.86. The number of benzene rings is 1. The topological polar surface area (TPSA) is 59.6 Å². The van der Waals surface area contributed by atoms with E-state index >= 15 is 0 Å². The molecule has 104 valence electrons. The molecule has 19 heavy (non-hydrogen) atoms. The molecule has 2 N–H and O–H groups in total. The van der Waals surface area contributed by atoms with Gasteiger partial charge in [0.05, 0.1) is 25.4 Å². The van der Waals surface area contributed by atoms with Gasteiger partial charge in [0.15, 0.2) is 0 Å². The van der Waals surface area contributed by atoms with Crippen LogP contribution in [0.2, 0.25) is 0 Å². The van der Waals surface area contributed by atoms with E-state index in [1.165, 1.54) is 0 Å². The standard InChI is InChI=1S/C14H20N2O3/c1-14(7-4-8-15-14)13(17)16-11-6-5-10(18-2)9-12(11)19-3/h5-6,9,15H,4,7-8H2,1-3H3,(H,16,17). The molecule has 2 rings (SSSR count). The fourth-order valence-corrected chi connectivity index (χ4v) is 2.25. The number of ether oxygens (including phenoxy) is 2. The summed E-state index contributed by atoms with van der Waals surface area (Å²) >= 11 is 0. The lowest BCUT2D eigenvalue weighted by Crippen LogP contribution is -2.48. The summed E-state index contributed by atoms with van der Waals surface area (Å²) in [5.74, 6) is 1.25. The molecule has 0 aromatic heterocycles. The van der Waals surface area contributed by atoms with E-state index in [9.17, 15) is 4.79 Å². The van der Waals surface area contributed by atoms with Gasteiger partial charge in [-0.3, -0.25) is 4.79 Å². The van der Waals surface area contributed by atoms with Crippen LogP contribution in [0.25, 0.3) is 0 Å². The molecule has 5 heteroatoms. The molecule has 1 saturated heterocycles. The van der Waals surface area contributed by atoms with Crippen LogP contribution in [0, 0.1) is 0 Å². The van der Waals surface area contributed by atoms with Gasteiger partial charge in [-0.2, -0.15) is 0 Å². The van der Waals surface area contributed by atoms with Crippen molar-refractivity contribution in [1.29, 1.82) is 0 Å². The molecule has 1 aliphatic heterocycles. The van der Waals surface area contributed by atoms with Crippen LogP contribution < -0.4 is 20.1 Å². The van der Waals surface area contributed by atoms with Gasteiger partial charge in [-0.05, 0) is 38.4 Å². The molecule has 1 aromatic carbocycles. The number of hydrogen-bond donors (Lipinski definition) is 2. The van der Waals surface area contributed by atoms with Crippen LogP contribution in [0.1, 0.15) is 19.8 Å². The molecule has 0 spiro atoms. The lowest BCUT2D eigenvalue weighted by molar-refractivity contribution is -0.121. The van der Waals surface area contributed by atoms with Gasteiger partial charge < -0.3 is 20.1 Å². The average molecular weight is 264 g/mol. The predicted octanol–water partition coefficient (Wildman–Crippen LogP) is 1.78. The van der Waals surface area contributed by atoms with Gasteiger partial charge in [-0.1, -0.05) is 0 Å². The molecule has 1 heterocycles. The van der Waals surface area contributed by atoms with Crippen molar-refractivity contribution in [1.82, 2.24) is 5.32 Å². The van der Waals surface area contributed by atoms with Crippen molar-refractivity contribution in [2.45, 2.75) is 25.3 Å². The number of carbonyl (C=O) groups is 1. The van der Waals surface area contributed by atoms with Crippen molar-refractivity contribution < 1.29 is 14.3 Å². The van der Waals surface area contributed by atoms with Crippen LogP contribution in [0.5, 0.6) is 11.5 Å². The second-order valence-corrected chi connectivity index (χ2v) is 4.88. The molecule has 5 nitrogen and oxygen atoms in total. The number of anilines is 1. The van der Waals surface area contributed by atoms with Crippen molar-refractivity contribution >= 4 is 11.6 Å². The first-order chi connectivity index (χ1) is 9.09. The third kappa shape index (κ3) is 2.81. The summed E-state index contributed by atoms with van der Waals surface area (Å²) in [6, 6.07) is 5.33. The SMILES string of the molecule is COc1ccc(NC(=O)C2(C)CCCN2)c(OC)c1. The van der Waals surface area contributed by atoms with Crippen molar-refractivity contribution in [3.8, 4) is 11.5 Å². The Balaban J connectivity index is 2.16. The Morgan fingerprint density at radius 3 is 2.74 bits per heavy atom. The highest BCUT2D eigenvalue weighted by Crippen LogP contribution is 2.30. The number of amides is 1. The minimum absolute atomic E-state index is 0.0338. The monoisotopic (exact) mass is 264 g/mol. The van der Waals surface area contributed by atoms with E-state index in [-0.39, 0.29) is 5.91 Å². The third-order valence-corrected chi connectivity index (χ3v) is 3.53. The summed E-state index contributed by atoms with van der Waals surface area (Å²) < 4.78 is 10.4. The van der Waals surface area contributed by atoms with Gasteiger partial charge in [-0.25, -0.2) is 0 Å². The second kappa shape index (κ2) is 5.48. The number of rotatable bonds is 4. The van der Waals surface area contributed by atoms with E-state index in [2.05, 4.69) is 10.6 Å². The largest absolute Gasteiger partial charge is 0.497 e. The summed E-state index contributed by atoms with van der Waals surface area (Å²) in [7, 11) is 3.16. The molecule has 1 atom stereocenters. The van der Waals surface area contributed by atoms with Crippen molar-refractivity contribution in [3.05, 3.63) is 18.2 Å². The summed E-state index contributed by atoms with van der Waals surface area (Å²) in [5.41, 5.74) is 0.161. The molecule has 0 saturated carbocycles. The molecular formula is C14H20N2O3. The molecule has 1 amide bonds. The van der Waals surface area contributed by atoms with Gasteiger partial charge in [0.1, 0.15) is 11.5 Å². The Labute approximate surface area is 113 Å². The average Bonchev–Trinajstić information content (AvgIpc) is 2.87. The van der Waals surface area contributed by atoms with Gasteiger partial charge >= 0.3 is 0 Å². The Morgan fingerprint density at radius 1 is 1.37 bits per heavy atom. The first-order valence-electron chi connectivity index (χ1n) is 6.37.